The van der Waals surface area contributed by atoms with E-state index in [2.05, 4.69) is 60.8 Å². The lowest BCUT2D eigenvalue weighted by Gasteiger charge is -2.40. The normalized spacial score (nSPS) is 17.1. The summed E-state index contributed by atoms with van der Waals surface area (Å²) in [6.45, 7) is 4.13. The minimum atomic E-state index is 0.0258. The molecule has 4 rings (SSSR count). The molecule has 5 nitrogen and oxygen atoms in total. The SMILES string of the molecule is CCc1ccc(C(CCC=O)NCC(=O)N2CCC3(CCc4ccccc43)CC2)cc1.CO. The number of likely N-dealkylation sites (tertiary alicyclic amines) is 1. The number of aldehydes is 1. The molecular formula is C28H38N2O3. The third kappa shape index (κ3) is 5.90. The number of benzene rings is 2. The number of amides is 1. The molecule has 5 heteroatoms. The lowest BCUT2D eigenvalue weighted by Crippen LogP contribution is -2.47. The second kappa shape index (κ2) is 12.1. The van der Waals surface area contributed by atoms with Crippen LogP contribution in [0.4, 0.5) is 0 Å². The van der Waals surface area contributed by atoms with Crippen molar-refractivity contribution in [2.24, 2.45) is 0 Å². The Morgan fingerprint density at radius 3 is 2.45 bits per heavy atom. The molecule has 1 fully saturated rings. The van der Waals surface area contributed by atoms with Gasteiger partial charge in [0, 0.05) is 32.7 Å². The smallest absolute Gasteiger partial charge is 0.236 e. The van der Waals surface area contributed by atoms with Gasteiger partial charge in [0.1, 0.15) is 6.29 Å². The highest BCUT2D eigenvalue weighted by atomic mass is 16.2. The van der Waals surface area contributed by atoms with Gasteiger partial charge in [0.05, 0.1) is 6.54 Å². The zero-order valence-corrected chi connectivity index (χ0v) is 20.1. The summed E-state index contributed by atoms with van der Waals surface area (Å²) in [6.07, 6.45) is 7.67. The predicted octanol–water partition coefficient (Wildman–Crippen LogP) is 3.97. The molecule has 1 saturated heterocycles. The lowest BCUT2D eigenvalue weighted by molar-refractivity contribution is -0.132. The van der Waals surface area contributed by atoms with Crippen molar-refractivity contribution in [2.45, 2.75) is 63.3 Å². The molecule has 1 heterocycles. The Labute approximate surface area is 198 Å². The van der Waals surface area contributed by atoms with Crippen molar-refractivity contribution >= 4 is 12.2 Å². The number of rotatable bonds is 8. The Balaban J connectivity index is 0.00000149. The molecule has 1 spiro atoms. The summed E-state index contributed by atoms with van der Waals surface area (Å²) in [6, 6.07) is 17.4. The zero-order valence-electron chi connectivity index (χ0n) is 20.1. The fraction of sp³-hybridized carbons (Fsp3) is 0.500. The highest BCUT2D eigenvalue weighted by molar-refractivity contribution is 5.78. The molecule has 1 amide bonds. The molecule has 0 saturated carbocycles. The molecule has 1 unspecified atom stereocenters. The minimum absolute atomic E-state index is 0.0258. The van der Waals surface area contributed by atoms with Crippen LogP contribution in [0.15, 0.2) is 48.5 Å². The van der Waals surface area contributed by atoms with E-state index in [1.807, 2.05) is 4.90 Å². The van der Waals surface area contributed by atoms with Crippen LogP contribution in [-0.4, -0.2) is 48.9 Å². The molecule has 0 aromatic heterocycles. The molecule has 2 aliphatic rings. The van der Waals surface area contributed by atoms with Crippen molar-refractivity contribution in [1.29, 1.82) is 0 Å². The van der Waals surface area contributed by atoms with Crippen molar-refractivity contribution in [3.8, 4) is 0 Å². The topological polar surface area (TPSA) is 69.6 Å². The summed E-state index contributed by atoms with van der Waals surface area (Å²) in [5.41, 5.74) is 5.73. The second-order valence-electron chi connectivity index (χ2n) is 9.09. The maximum Gasteiger partial charge on any atom is 0.236 e. The number of hydrogen-bond donors (Lipinski definition) is 2. The standard InChI is InChI=1S/C27H34N2O2.CH4O/c1-2-21-9-11-23(12-10-21)25(8-5-19-30)28-20-26(31)29-17-15-27(16-18-29)14-13-22-6-3-4-7-24(22)27;1-2/h3-4,6-7,9-12,19,25,28H,2,5,8,13-18,20H2,1H3;2H,1H3. The maximum absolute atomic E-state index is 13.0. The van der Waals surface area contributed by atoms with Gasteiger partial charge in [-0.25, -0.2) is 0 Å². The van der Waals surface area contributed by atoms with Gasteiger partial charge < -0.3 is 20.1 Å². The average Bonchev–Trinajstić information content (AvgIpc) is 3.23. The summed E-state index contributed by atoms with van der Waals surface area (Å²) in [4.78, 5) is 25.9. The largest absolute Gasteiger partial charge is 0.400 e. The van der Waals surface area contributed by atoms with Gasteiger partial charge in [0.2, 0.25) is 5.91 Å². The maximum atomic E-state index is 13.0. The molecule has 1 atom stereocenters. The first kappa shape index (κ1) is 25.1. The number of nitrogens with zero attached hydrogens (tertiary/aromatic N) is 1. The molecule has 2 aromatic carbocycles. The average molecular weight is 451 g/mol. The Kier molecular flexibility index (Phi) is 9.21. The monoisotopic (exact) mass is 450 g/mol. The number of aliphatic hydroxyl groups is 1. The van der Waals surface area contributed by atoms with Crippen molar-refractivity contribution in [3.05, 3.63) is 70.8 Å². The number of carbonyl (C=O) groups excluding carboxylic acids is 2. The van der Waals surface area contributed by atoms with E-state index in [0.717, 1.165) is 51.3 Å². The molecule has 0 bridgehead atoms. The van der Waals surface area contributed by atoms with Crippen LogP contribution in [0.2, 0.25) is 0 Å². The van der Waals surface area contributed by atoms with Crippen LogP contribution in [-0.2, 0) is 27.8 Å². The van der Waals surface area contributed by atoms with E-state index in [0.29, 0.717) is 19.4 Å². The van der Waals surface area contributed by atoms with Crippen molar-refractivity contribution < 1.29 is 14.7 Å². The third-order valence-electron chi connectivity index (χ3n) is 7.40. The van der Waals surface area contributed by atoms with Crippen LogP contribution in [0.3, 0.4) is 0 Å². The number of hydrogen-bond acceptors (Lipinski definition) is 4. The van der Waals surface area contributed by atoms with Crippen LogP contribution in [0.5, 0.6) is 0 Å². The molecule has 33 heavy (non-hydrogen) atoms. The third-order valence-corrected chi connectivity index (χ3v) is 7.40. The van der Waals surface area contributed by atoms with Crippen LogP contribution in [0, 0.1) is 0 Å². The van der Waals surface area contributed by atoms with Gasteiger partial charge in [-0.1, -0.05) is 55.5 Å². The van der Waals surface area contributed by atoms with E-state index < -0.39 is 0 Å². The molecular weight excluding hydrogens is 412 g/mol. The van der Waals surface area contributed by atoms with E-state index in [-0.39, 0.29) is 17.4 Å². The van der Waals surface area contributed by atoms with Crippen LogP contribution >= 0.6 is 0 Å². The first-order valence-corrected chi connectivity index (χ1v) is 12.2. The Bertz CT molecular complexity index is 902. The number of aryl methyl sites for hydroxylation is 2. The van der Waals surface area contributed by atoms with Crippen LogP contribution in [0.25, 0.3) is 0 Å². The van der Waals surface area contributed by atoms with Gasteiger partial charge in [-0.15, -0.1) is 0 Å². The van der Waals surface area contributed by atoms with Crippen molar-refractivity contribution in [1.82, 2.24) is 10.2 Å². The fourth-order valence-electron chi connectivity index (χ4n) is 5.40. The van der Waals surface area contributed by atoms with E-state index in [9.17, 15) is 9.59 Å². The molecule has 0 radical (unpaired) electrons. The van der Waals surface area contributed by atoms with E-state index in [4.69, 9.17) is 5.11 Å². The van der Waals surface area contributed by atoms with E-state index in [1.165, 1.54) is 29.5 Å². The number of piperidine rings is 1. The Hall–Kier alpha value is -2.50. The fourth-order valence-corrected chi connectivity index (χ4v) is 5.40. The van der Waals surface area contributed by atoms with Gasteiger partial charge in [-0.05, 0) is 66.2 Å². The van der Waals surface area contributed by atoms with Gasteiger partial charge in [0.15, 0.2) is 0 Å². The first-order valence-electron chi connectivity index (χ1n) is 12.2. The summed E-state index contributed by atoms with van der Waals surface area (Å²) in [5.74, 6) is 0.169. The number of carbonyl (C=O) groups is 2. The second-order valence-corrected chi connectivity index (χ2v) is 9.09. The molecule has 1 aliphatic heterocycles. The highest BCUT2D eigenvalue weighted by Gasteiger charge is 2.41. The van der Waals surface area contributed by atoms with Crippen molar-refractivity contribution in [3.63, 3.8) is 0 Å². The summed E-state index contributed by atoms with van der Waals surface area (Å²) >= 11 is 0. The van der Waals surface area contributed by atoms with E-state index >= 15 is 0 Å². The quantitative estimate of drug-likeness (QED) is 0.597. The summed E-state index contributed by atoms with van der Waals surface area (Å²) in [5, 5.41) is 10.4. The summed E-state index contributed by atoms with van der Waals surface area (Å²) < 4.78 is 0. The molecule has 2 aromatic rings. The lowest BCUT2D eigenvalue weighted by atomic mass is 9.74. The Morgan fingerprint density at radius 1 is 1.09 bits per heavy atom. The summed E-state index contributed by atoms with van der Waals surface area (Å²) in [7, 11) is 1.00. The van der Waals surface area contributed by atoms with Gasteiger partial charge in [0.25, 0.3) is 0 Å². The van der Waals surface area contributed by atoms with Gasteiger partial charge in [-0.2, -0.15) is 0 Å². The number of aliphatic hydroxyl groups excluding tert-OH is 1. The number of fused-ring (bicyclic) bond motifs is 2. The van der Waals surface area contributed by atoms with Crippen LogP contribution < -0.4 is 5.32 Å². The van der Waals surface area contributed by atoms with E-state index in [1.54, 1.807) is 0 Å². The Morgan fingerprint density at radius 2 is 1.79 bits per heavy atom. The minimum Gasteiger partial charge on any atom is -0.400 e. The zero-order chi connectivity index (χ0) is 23.7. The molecule has 178 valence electrons. The van der Waals surface area contributed by atoms with Gasteiger partial charge >= 0.3 is 0 Å². The predicted molar refractivity (Wildman–Crippen MR) is 132 cm³/mol. The van der Waals surface area contributed by atoms with Crippen LogP contribution in [0.1, 0.15) is 67.3 Å². The first-order chi connectivity index (χ1) is 16.1. The molecule has 1 aliphatic carbocycles. The molecule has 2 N–H and O–H groups in total. The van der Waals surface area contributed by atoms with Crippen molar-refractivity contribution in [2.75, 3.05) is 26.7 Å². The van der Waals surface area contributed by atoms with Gasteiger partial charge in [-0.3, -0.25) is 4.79 Å². The number of nitrogens with one attached hydrogen (secondary N) is 1. The highest BCUT2D eigenvalue weighted by Crippen LogP contribution is 2.46.